The van der Waals surface area contributed by atoms with Gasteiger partial charge in [-0.05, 0) is 43.4 Å². The van der Waals surface area contributed by atoms with Crippen molar-refractivity contribution >= 4 is 23.4 Å². The first kappa shape index (κ1) is 19.2. The van der Waals surface area contributed by atoms with E-state index in [9.17, 15) is 9.59 Å². The third-order valence-electron chi connectivity index (χ3n) is 4.56. The molecule has 0 spiro atoms. The van der Waals surface area contributed by atoms with Crippen LogP contribution in [0.3, 0.4) is 0 Å². The first-order valence-electron chi connectivity index (χ1n) is 9.11. The zero-order valence-corrected chi connectivity index (χ0v) is 15.9. The monoisotopic (exact) mass is 386 g/mol. The van der Waals surface area contributed by atoms with Gasteiger partial charge in [-0.25, -0.2) is 4.98 Å². The second-order valence-corrected chi connectivity index (χ2v) is 6.91. The summed E-state index contributed by atoms with van der Waals surface area (Å²) in [6, 6.07) is 7.54. The molecule has 1 aromatic heterocycles. The van der Waals surface area contributed by atoms with Crippen molar-refractivity contribution in [3.63, 3.8) is 0 Å². The molecule has 0 radical (unpaired) electrons. The largest absolute Gasteiger partial charge is 0.350 e. The molecule has 2 amide bonds. The summed E-state index contributed by atoms with van der Waals surface area (Å²) in [5.74, 6) is -0.218. The lowest BCUT2D eigenvalue weighted by molar-refractivity contribution is 0.0942. The van der Waals surface area contributed by atoms with Gasteiger partial charge in [0.05, 0.1) is 5.69 Å². The van der Waals surface area contributed by atoms with Gasteiger partial charge in [-0.15, -0.1) is 6.58 Å². The van der Waals surface area contributed by atoms with Crippen molar-refractivity contribution in [2.75, 3.05) is 13.1 Å². The highest BCUT2D eigenvalue weighted by molar-refractivity contribution is 6.30. The molecular weight excluding hydrogens is 364 g/mol. The van der Waals surface area contributed by atoms with Crippen molar-refractivity contribution in [1.29, 1.82) is 0 Å². The fraction of sp³-hybridized carbons (Fsp3) is 0.350. The number of imidazole rings is 1. The molecule has 0 aliphatic carbocycles. The third-order valence-corrected chi connectivity index (χ3v) is 4.81. The first-order chi connectivity index (χ1) is 13.1. The topological polar surface area (TPSA) is 76.0 Å². The van der Waals surface area contributed by atoms with E-state index in [1.54, 1.807) is 6.08 Å². The van der Waals surface area contributed by atoms with E-state index in [4.69, 9.17) is 11.6 Å². The average molecular weight is 387 g/mol. The number of aromatic nitrogens is 2. The smallest absolute Gasteiger partial charge is 0.287 e. The van der Waals surface area contributed by atoms with E-state index in [-0.39, 0.29) is 11.8 Å². The van der Waals surface area contributed by atoms with Gasteiger partial charge in [0.25, 0.3) is 11.8 Å². The Hall–Kier alpha value is -2.60. The SMILES string of the molecule is C=CCNC(=O)c1nc(C(=O)NCCc2ccc(Cl)cc2)c2n1CCCC2. The van der Waals surface area contributed by atoms with Crippen LogP contribution < -0.4 is 10.6 Å². The van der Waals surface area contributed by atoms with E-state index in [0.29, 0.717) is 42.6 Å². The minimum Gasteiger partial charge on any atom is -0.350 e. The number of carbonyl (C=O) groups excluding carboxylic acids is 2. The Balaban J connectivity index is 1.70. The molecule has 142 valence electrons. The van der Waals surface area contributed by atoms with Crippen LogP contribution in [0.15, 0.2) is 36.9 Å². The molecule has 0 saturated carbocycles. The number of halogens is 1. The highest BCUT2D eigenvalue weighted by atomic mass is 35.5. The van der Waals surface area contributed by atoms with Crippen molar-refractivity contribution in [3.05, 3.63) is 64.7 Å². The van der Waals surface area contributed by atoms with Crippen LogP contribution >= 0.6 is 11.6 Å². The molecule has 0 atom stereocenters. The molecule has 0 bridgehead atoms. The van der Waals surface area contributed by atoms with Crippen molar-refractivity contribution in [2.45, 2.75) is 32.2 Å². The van der Waals surface area contributed by atoms with E-state index >= 15 is 0 Å². The fourth-order valence-corrected chi connectivity index (χ4v) is 3.32. The van der Waals surface area contributed by atoms with Crippen LogP contribution in [-0.4, -0.2) is 34.5 Å². The number of nitrogens with zero attached hydrogens (tertiary/aromatic N) is 2. The number of hydrogen-bond acceptors (Lipinski definition) is 3. The summed E-state index contributed by atoms with van der Waals surface area (Å²) >= 11 is 5.88. The van der Waals surface area contributed by atoms with Crippen LogP contribution in [0.5, 0.6) is 0 Å². The molecule has 7 heteroatoms. The Labute approximate surface area is 163 Å². The van der Waals surface area contributed by atoms with Gasteiger partial charge in [-0.3, -0.25) is 9.59 Å². The fourth-order valence-electron chi connectivity index (χ4n) is 3.20. The van der Waals surface area contributed by atoms with Gasteiger partial charge in [-0.1, -0.05) is 29.8 Å². The lowest BCUT2D eigenvalue weighted by Gasteiger charge is -2.17. The Morgan fingerprint density at radius 3 is 2.70 bits per heavy atom. The number of carbonyl (C=O) groups is 2. The summed E-state index contributed by atoms with van der Waals surface area (Å²) < 4.78 is 1.87. The summed E-state index contributed by atoms with van der Waals surface area (Å²) in [5, 5.41) is 6.34. The minimum atomic E-state index is -0.279. The number of hydrogen-bond donors (Lipinski definition) is 2. The molecule has 2 N–H and O–H groups in total. The van der Waals surface area contributed by atoms with Crippen LogP contribution in [0.25, 0.3) is 0 Å². The van der Waals surface area contributed by atoms with Crippen LogP contribution in [0, 0.1) is 0 Å². The zero-order valence-electron chi connectivity index (χ0n) is 15.1. The van der Waals surface area contributed by atoms with Crippen molar-refractivity contribution in [3.8, 4) is 0 Å². The van der Waals surface area contributed by atoms with E-state index in [1.807, 2.05) is 28.8 Å². The molecule has 0 saturated heterocycles. The van der Waals surface area contributed by atoms with Crippen LogP contribution in [0.2, 0.25) is 5.02 Å². The number of amides is 2. The van der Waals surface area contributed by atoms with Crippen molar-refractivity contribution in [2.24, 2.45) is 0 Å². The third kappa shape index (κ3) is 4.57. The van der Waals surface area contributed by atoms with Crippen LogP contribution in [0.1, 0.15) is 45.2 Å². The molecule has 3 rings (SSSR count). The zero-order chi connectivity index (χ0) is 19.2. The van der Waals surface area contributed by atoms with Crippen LogP contribution in [0.4, 0.5) is 0 Å². The number of fused-ring (bicyclic) bond motifs is 1. The molecule has 1 aliphatic rings. The van der Waals surface area contributed by atoms with Gasteiger partial charge in [0.15, 0.2) is 5.82 Å². The summed E-state index contributed by atoms with van der Waals surface area (Å²) in [6.45, 7) is 5.16. The maximum absolute atomic E-state index is 12.7. The number of nitrogens with one attached hydrogen (secondary N) is 2. The number of rotatable bonds is 7. The highest BCUT2D eigenvalue weighted by Gasteiger charge is 2.27. The molecule has 0 unspecified atom stereocenters. The normalized spacial score (nSPS) is 12.9. The lowest BCUT2D eigenvalue weighted by Crippen LogP contribution is -2.28. The van der Waals surface area contributed by atoms with E-state index in [1.165, 1.54) is 0 Å². The van der Waals surface area contributed by atoms with E-state index < -0.39 is 0 Å². The maximum Gasteiger partial charge on any atom is 0.287 e. The summed E-state index contributed by atoms with van der Waals surface area (Å²) in [6.07, 6.45) is 5.03. The summed E-state index contributed by atoms with van der Waals surface area (Å²) in [5.41, 5.74) is 2.29. The molecule has 1 aliphatic heterocycles. The molecule has 27 heavy (non-hydrogen) atoms. The van der Waals surface area contributed by atoms with Gasteiger partial charge < -0.3 is 15.2 Å². The molecule has 2 aromatic rings. The second kappa shape index (κ2) is 8.86. The van der Waals surface area contributed by atoms with Gasteiger partial charge in [0.1, 0.15) is 5.69 Å². The Morgan fingerprint density at radius 2 is 1.96 bits per heavy atom. The van der Waals surface area contributed by atoms with Crippen molar-refractivity contribution in [1.82, 2.24) is 20.2 Å². The molecule has 0 fully saturated rings. The molecule has 2 heterocycles. The quantitative estimate of drug-likeness (QED) is 0.718. The minimum absolute atomic E-state index is 0.239. The van der Waals surface area contributed by atoms with Gasteiger partial charge in [0.2, 0.25) is 0 Å². The molecule has 6 nitrogen and oxygen atoms in total. The van der Waals surface area contributed by atoms with Crippen LogP contribution in [-0.2, 0) is 19.4 Å². The van der Waals surface area contributed by atoms with Crippen molar-refractivity contribution < 1.29 is 9.59 Å². The van der Waals surface area contributed by atoms with E-state index in [0.717, 1.165) is 30.5 Å². The summed E-state index contributed by atoms with van der Waals surface area (Å²) in [4.78, 5) is 29.4. The maximum atomic E-state index is 12.7. The average Bonchev–Trinajstić information content (AvgIpc) is 3.07. The Morgan fingerprint density at radius 1 is 1.19 bits per heavy atom. The van der Waals surface area contributed by atoms with Gasteiger partial charge in [0, 0.05) is 24.7 Å². The Kier molecular flexibility index (Phi) is 6.29. The lowest BCUT2D eigenvalue weighted by atomic mass is 10.1. The highest BCUT2D eigenvalue weighted by Crippen LogP contribution is 2.21. The first-order valence-corrected chi connectivity index (χ1v) is 9.49. The second-order valence-electron chi connectivity index (χ2n) is 6.47. The Bertz CT molecular complexity index is 842. The predicted molar refractivity (Wildman–Crippen MR) is 105 cm³/mol. The van der Waals surface area contributed by atoms with E-state index in [2.05, 4.69) is 22.2 Å². The number of benzene rings is 1. The van der Waals surface area contributed by atoms with Gasteiger partial charge in [-0.2, -0.15) is 0 Å². The summed E-state index contributed by atoms with van der Waals surface area (Å²) in [7, 11) is 0. The molecular formula is C20H23ClN4O2. The van der Waals surface area contributed by atoms with Gasteiger partial charge >= 0.3 is 0 Å². The molecule has 1 aromatic carbocycles. The predicted octanol–water partition coefficient (Wildman–Crippen LogP) is 2.76. The standard InChI is InChI=1S/C20H23ClN4O2/c1-2-11-22-20(27)18-24-17(16-5-3-4-13-25(16)18)19(26)23-12-10-14-6-8-15(21)9-7-14/h2,6-9H,1,3-5,10-13H2,(H,22,27)(H,23,26).